The maximum Gasteiger partial charge on any atom is 0.291 e. The number of nitrogens with one attached hydrogen (secondary N) is 2. The van der Waals surface area contributed by atoms with Gasteiger partial charge in [0, 0.05) is 32.5 Å². The predicted molar refractivity (Wildman–Crippen MR) is 108 cm³/mol. The Labute approximate surface area is 163 Å². The normalized spacial score (nSPS) is 11.0. The fourth-order valence-electron chi connectivity index (χ4n) is 2.96. The van der Waals surface area contributed by atoms with Gasteiger partial charge >= 0.3 is 0 Å². The highest BCUT2D eigenvalue weighted by Crippen LogP contribution is 2.34. The summed E-state index contributed by atoms with van der Waals surface area (Å²) in [5.74, 6) is 0.638. The number of para-hydroxylation sites is 1. The molecule has 3 heterocycles. The van der Waals surface area contributed by atoms with Crippen molar-refractivity contribution < 1.29 is 9.32 Å². The molecule has 7 nitrogen and oxygen atoms in total. The zero-order valence-electron chi connectivity index (χ0n) is 14.4. The molecule has 0 radical (unpaired) electrons. The molecular formula is C20H13N5O2S. The van der Waals surface area contributed by atoms with Crippen LogP contribution in [0.25, 0.3) is 32.3 Å². The van der Waals surface area contributed by atoms with Crippen LogP contribution in [0.3, 0.4) is 0 Å². The van der Waals surface area contributed by atoms with Crippen molar-refractivity contribution in [2.75, 3.05) is 5.43 Å². The molecule has 0 spiro atoms. The zero-order chi connectivity index (χ0) is 18.9. The summed E-state index contributed by atoms with van der Waals surface area (Å²) < 4.78 is 6.55. The molecule has 5 aromatic rings. The Hall–Kier alpha value is -3.78. The van der Waals surface area contributed by atoms with Crippen LogP contribution in [0.2, 0.25) is 0 Å². The van der Waals surface area contributed by atoms with Crippen LogP contribution in [0.15, 0.2) is 70.8 Å². The van der Waals surface area contributed by atoms with E-state index in [9.17, 15) is 4.79 Å². The molecule has 2 N–H and O–H groups in total. The number of anilines is 1. The molecule has 0 unspecified atom stereocenters. The van der Waals surface area contributed by atoms with Crippen LogP contribution in [0.4, 0.5) is 5.82 Å². The molecule has 0 aliphatic rings. The lowest BCUT2D eigenvalue weighted by Gasteiger charge is -2.08. The number of carbonyl (C=O) groups excluding carboxylic acids is 1. The van der Waals surface area contributed by atoms with Gasteiger partial charge < -0.3 is 4.52 Å². The molecule has 0 fully saturated rings. The van der Waals surface area contributed by atoms with Gasteiger partial charge in [0.1, 0.15) is 6.33 Å². The van der Waals surface area contributed by atoms with Crippen LogP contribution in [-0.4, -0.2) is 21.0 Å². The summed E-state index contributed by atoms with van der Waals surface area (Å²) in [6.07, 6.45) is 1.44. The lowest BCUT2D eigenvalue weighted by Crippen LogP contribution is -2.30. The minimum Gasteiger partial charge on any atom is -0.355 e. The number of hydrazine groups is 1. The van der Waals surface area contributed by atoms with Crippen LogP contribution in [0, 0.1) is 0 Å². The topological polar surface area (TPSA) is 92.9 Å². The molecule has 28 heavy (non-hydrogen) atoms. The third kappa shape index (κ3) is 2.85. The first kappa shape index (κ1) is 16.4. The molecular weight excluding hydrogens is 374 g/mol. The third-order valence-electron chi connectivity index (χ3n) is 4.33. The first-order chi connectivity index (χ1) is 13.8. The quantitative estimate of drug-likeness (QED) is 0.448. The van der Waals surface area contributed by atoms with Gasteiger partial charge in [-0.25, -0.2) is 9.97 Å². The van der Waals surface area contributed by atoms with Gasteiger partial charge in [-0.2, -0.15) is 0 Å². The van der Waals surface area contributed by atoms with Crippen molar-refractivity contribution in [2.45, 2.75) is 0 Å². The molecule has 8 heteroatoms. The largest absolute Gasteiger partial charge is 0.355 e. The van der Waals surface area contributed by atoms with Gasteiger partial charge in [0.2, 0.25) is 0 Å². The number of thiophene rings is 1. The number of carbonyl (C=O) groups is 1. The van der Waals surface area contributed by atoms with E-state index >= 15 is 0 Å². The van der Waals surface area contributed by atoms with Gasteiger partial charge in [-0.1, -0.05) is 35.5 Å². The van der Waals surface area contributed by atoms with E-state index in [1.807, 2.05) is 53.9 Å². The molecule has 2 aromatic carbocycles. The molecule has 136 valence electrons. The van der Waals surface area contributed by atoms with Crippen molar-refractivity contribution in [1.82, 2.24) is 20.6 Å². The predicted octanol–water partition coefficient (Wildman–Crippen LogP) is 4.26. The number of hydrogen-bond donors (Lipinski definition) is 2. The van der Waals surface area contributed by atoms with E-state index in [2.05, 4.69) is 26.0 Å². The van der Waals surface area contributed by atoms with Gasteiger partial charge in [0.05, 0.1) is 5.52 Å². The summed E-state index contributed by atoms with van der Waals surface area (Å²) in [7, 11) is 0. The molecule has 0 saturated carbocycles. The van der Waals surface area contributed by atoms with E-state index in [0.29, 0.717) is 11.6 Å². The average molecular weight is 387 g/mol. The van der Waals surface area contributed by atoms with Gasteiger partial charge in [-0.05, 0) is 18.2 Å². The molecule has 0 saturated heterocycles. The molecule has 3 aromatic heterocycles. The van der Waals surface area contributed by atoms with Crippen molar-refractivity contribution in [3.8, 4) is 11.3 Å². The SMILES string of the molecule is O=C(NNc1ncnc2ccccc12)c1cc(-c2csc3ccccc23)on1. The number of aromatic nitrogens is 3. The van der Waals surface area contributed by atoms with Crippen LogP contribution in [-0.2, 0) is 0 Å². The van der Waals surface area contributed by atoms with Crippen LogP contribution < -0.4 is 10.9 Å². The summed E-state index contributed by atoms with van der Waals surface area (Å²) in [6, 6.07) is 17.2. The number of hydrogen-bond acceptors (Lipinski definition) is 7. The molecule has 0 atom stereocenters. The molecule has 0 aliphatic carbocycles. The monoisotopic (exact) mass is 387 g/mol. The van der Waals surface area contributed by atoms with Crippen molar-refractivity contribution in [2.24, 2.45) is 0 Å². The Morgan fingerprint density at radius 2 is 1.82 bits per heavy atom. The second kappa shape index (κ2) is 6.75. The first-order valence-corrected chi connectivity index (χ1v) is 9.37. The Morgan fingerprint density at radius 1 is 1.00 bits per heavy atom. The number of rotatable bonds is 4. The fraction of sp³-hybridized carbons (Fsp3) is 0. The van der Waals surface area contributed by atoms with E-state index in [4.69, 9.17) is 4.52 Å². The Balaban J connectivity index is 1.36. The number of benzene rings is 2. The van der Waals surface area contributed by atoms with Crippen LogP contribution >= 0.6 is 11.3 Å². The second-order valence-corrected chi connectivity index (χ2v) is 6.95. The molecule has 0 aliphatic heterocycles. The lowest BCUT2D eigenvalue weighted by atomic mass is 10.1. The minimum absolute atomic E-state index is 0.177. The Bertz CT molecular complexity index is 1300. The first-order valence-electron chi connectivity index (χ1n) is 8.49. The number of amides is 1. The lowest BCUT2D eigenvalue weighted by molar-refractivity contribution is 0.0953. The molecule has 0 bridgehead atoms. The smallest absolute Gasteiger partial charge is 0.291 e. The van der Waals surface area contributed by atoms with E-state index in [1.54, 1.807) is 17.4 Å². The maximum absolute atomic E-state index is 12.5. The van der Waals surface area contributed by atoms with E-state index in [1.165, 1.54) is 6.33 Å². The van der Waals surface area contributed by atoms with Crippen molar-refractivity contribution in [1.29, 1.82) is 0 Å². The average Bonchev–Trinajstić information content (AvgIpc) is 3.39. The van der Waals surface area contributed by atoms with Gasteiger partial charge in [0.25, 0.3) is 5.91 Å². The summed E-state index contributed by atoms with van der Waals surface area (Å²) >= 11 is 1.62. The Morgan fingerprint density at radius 3 is 2.75 bits per heavy atom. The summed E-state index contributed by atoms with van der Waals surface area (Å²) in [5.41, 5.74) is 7.31. The van der Waals surface area contributed by atoms with Crippen LogP contribution in [0.1, 0.15) is 10.5 Å². The highest BCUT2D eigenvalue weighted by molar-refractivity contribution is 7.17. The molecule has 5 rings (SSSR count). The maximum atomic E-state index is 12.5. The van der Waals surface area contributed by atoms with E-state index < -0.39 is 5.91 Å². The summed E-state index contributed by atoms with van der Waals surface area (Å²) in [5, 5.41) is 7.77. The second-order valence-electron chi connectivity index (χ2n) is 6.04. The van der Waals surface area contributed by atoms with E-state index in [-0.39, 0.29) is 5.69 Å². The Kier molecular flexibility index (Phi) is 3.95. The standard InChI is InChI=1S/C20H13N5O2S/c26-20(24-23-19-13-6-1-3-7-15(13)21-11-22-19)16-9-17(27-25-16)14-10-28-18-8-4-2-5-12(14)18/h1-11H,(H,24,26)(H,21,22,23). The van der Waals surface area contributed by atoms with Crippen molar-refractivity contribution >= 4 is 44.1 Å². The fourth-order valence-corrected chi connectivity index (χ4v) is 3.91. The zero-order valence-corrected chi connectivity index (χ0v) is 15.2. The van der Waals surface area contributed by atoms with Gasteiger partial charge in [0.15, 0.2) is 17.3 Å². The summed E-state index contributed by atoms with van der Waals surface area (Å²) in [6.45, 7) is 0. The highest BCUT2D eigenvalue weighted by Gasteiger charge is 2.16. The van der Waals surface area contributed by atoms with Crippen molar-refractivity contribution in [3.63, 3.8) is 0 Å². The minimum atomic E-state index is -0.419. The van der Waals surface area contributed by atoms with Gasteiger partial charge in [-0.15, -0.1) is 11.3 Å². The number of nitrogens with zero attached hydrogens (tertiary/aromatic N) is 3. The third-order valence-corrected chi connectivity index (χ3v) is 5.29. The van der Waals surface area contributed by atoms with E-state index in [0.717, 1.165) is 26.6 Å². The number of fused-ring (bicyclic) bond motifs is 2. The summed E-state index contributed by atoms with van der Waals surface area (Å²) in [4.78, 5) is 20.8. The van der Waals surface area contributed by atoms with Crippen molar-refractivity contribution in [3.05, 3.63) is 72.0 Å². The molecule has 1 amide bonds. The van der Waals surface area contributed by atoms with Gasteiger partial charge in [-0.3, -0.25) is 15.6 Å². The highest BCUT2D eigenvalue weighted by atomic mass is 32.1. The van der Waals surface area contributed by atoms with Crippen LogP contribution in [0.5, 0.6) is 0 Å².